The summed E-state index contributed by atoms with van der Waals surface area (Å²) in [5.74, 6) is 0. The molecular weight excluding hydrogens is 358 g/mol. The van der Waals surface area contributed by atoms with Crippen LogP contribution in [0.1, 0.15) is 5.56 Å². The van der Waals surface area contributed by atoms with Crippen molar-refractivity contribution in [1.82, 2.24) is 10.3 Å². The second-order valence-electron chi connectivity index (χ2n) is 5.16. The zero-order valence-corrected chi connectivity index (χ0v) is 15.2. The maximum atomic E-state index is 5.91. The number of thiazole rings is 1. The largest absolute Gasteiger partial charge is 0.362 e. The smallest absolute Gasteiger partial charge is 0.189 e. The van der Waals surface area contributed by atoms with E-state index in [1.807, 2.05) is 47.8 Å². The van der Waals surface area contributed by atoms with E-state index < -0.39 is 0 Å². The van der Waals surface area contributed by atoms with Gasteiger partial charge < -0.3 is 10.6 Å². The Morgan fingerprint density at radius 1 is 1.08 bits per heavy atom. The number of hydrogen-bond donors (Lipinski definition) is 2. The fourth-order valence-corrected chi connectivity index (χ4v) is 3.30. The maximum Gasteiger partial charge on any atom is 0.189 e. The molecule has 0 fully saturated rings. The molecule has 0 aliphatic heterocycles. The summed E-state index contributed by atoms with van der Waals surface area (Å²) in [4.78, 5) is 4.55. The van der Waals surface area contributed by atoms with Crippen molar-refractivity contribution in [3.8, 4) is 11.3 Å². The predicted molar refractivity (Wildman–Crippen MR) is 107 cm³/mol. The van der Waals surface area contributed by atoms with Crippen molar-refractivity contribution in [2.24, 2.45) is 0 Å². The molecule has 1 aromatic heterocycles. The Morgan fingerprint density at radius 3 is 2.58 bits per heavy atom. The Morgan fingerprint density at radius 2 is 1.83 bits per heavy atom. The van der Waals surface area contributed by atoms with Crippen LogP contribution in [0.2, 0.25) is 5.02 Å². The van der Waals surface area contributed by atoms with Crippen LogP contribution in [-0.2, 0) is 6.42 Å². The molecule has 0 saturated heterocycles. The van der Waals surface area contributed by atoms with Gasteiger partial charge in [0.05, 0.1) is 5.69 Å². The summed E-state index contributed by atoms with van der Waals surface area (Å²) >= 11 is 12.8. The minimum Gasteiger partial charge on any atom is -0.362 e. The Kier molecular flexibility index (Phi) is 5.80. The van der Waals surface area contributed by atoms with Crippen LogP contribution in [0.25, 0.3) is 11.3 Å². The SMILES string of the molecule is S=C(NCCc1ccccc1)Nc1nc(-c2ccc(Cl)cc2)cs1. The summed E-state index contributed by atoms with van der Waals surface area (Å²) in [5, 5.41) is 10.4. The molecule has 0 aliphatic carbocycles. The molecule has 0 spiro atoms. The Bertz CT molecular complexity index is 801. The Labute approximate surface area is 155 Å². The molecule has 2 N–H and O–H groups in total. The van der Waals surface area contributed by atoms with E-state index in [1.165, 1.54) is 16.9 Å². The van der Waals surface area contributed by atoms with Crippen molar-refractivity contribution in [2.75, 3.05) is 11.9 Å². The highest BCUT2D eigenvalue weighted by molar-refractivity contribution is 7.80. The molecule has 6 heteroatoms. The van der Waals surface area contributed by atoms with E-state index in [4.69, 9.17) is 23.8 Å². The maximum absolute atomic E-state index is 5.91. The molecule has 3 rings (SSSR count). The molecule has 122 valence electrons. The summed E-state index contributed by atoms with van der Waals surface area (Å²) in [5.41, 5.74) is 3.23. The lowest BCUT2D eigenvalue weighted by Gasteiger charge is -2.08. The van der Waals surface area contributed by atoms with Crippen LogP contribution < -0.4 is 10.6 Å². The molecule has 3 aromatic rings. The van der Waals surface area contributed by atoms with E-state index in [2.05, 4.69) is 27.8 Å². The Balaban J connectivity index is 1.51. The van der Waals surface area contributed by atoms with Crippen LogP contribution in [-0.4, -0.2) is 16.6 Å². The van der Waals surface area contributed by atoms with E-state index in [1.54, 1.807) is 0 Å². The van der Waals surface area contributed by atoms with Gasteiger partial charge in [-0.25, -0.2) is 4.98 Å². The van der Waals surface area contributed by atoms with Gasteiger partial charge >= 0.3 is 0 Å². The summed E-state index contributed by atoms with van der Waals surface area (Å²) in [7, 11) is 0. The van der Waals surface area contributed by atoms with Gasteiger partial charge in [0.15, 0.2) is 10.2 Å². The summed E-state index contributed by atoms with van der Waals surface area (Å²) in [6, 6.07) is 17.9. The lowest BCUT2D eigenvalue weighted by Crippen LogP contribution is -2.30. The third-order valence-corrected chi connectivity index (χ3v) is 4.66. The zero-order valence-electron chi connectivity index (χ0n) is 12.8. The molecule has 0 bridgehead atoms. The molecule has 0 atom stereocenters. The molecule has 0 saturated carbocycles. The number of aromatic nitrogens is 1. The van der Waals surface area contributed by atoms with Crippen LogP contribution in [0, 0.1) is 0 Å². The van der Waals surface area contributed by atoms with Crippen molar-refractivity contribution >= 4 is 45.4 Å². The first-order valence-corrected chi connectivity index (χ1v) is 9.17. The molecule has 0 unspecified atom stereocenters. The molecule has 0 amide bonds. The van der Waals surface area contributed by atoms with E-state index in [9.17, 15) is 0 Å². The number of halogens is 1. The Hall–Kier alpha value is -1.95. The van der Waals surface area contributed by atoms with Crippen molar-refractivity contribution in [3.05, 3.63) is 70.6 Å². The summed E-state index contributed by atoms with van der Waals surface area (Å²) in [6.45, 7) is 0.783. The number of nitrogens with zero attached hydrogens (tertiary/aromatic N) is 1. The first-order valence-electron chi connectivity index (χ1n) is 7.51. The minimum atomic E-state index is 0.586. The third kappa shape index (κ3) is 4.77. The van der Waals surface area contributed by atoms with Gasteiger partial charge in [-0.15, -0.1) is 11.3 Å². The van der Waals surface area contributed by atoms with Crippen molar-refractivity contribution in [1.29, 1.82) is 0 Å². The second kappa shape index (κ2) is 8.24. The minimum absolute atomic E-state index is 0.586. The standard InChI is InChI=1S/C18H16ClN3S2/c19-15-8-6-14(7-9-15)16-12-24-18(21-16)22-17(23)20-11-10-13-4-2-1-3-5-13/h1-9,12H,10-11H2,(H2,20,21,22,23). The molecule has 0 radical (unpaired) electrons. The second-order valence-corrected chi connectivity index (χ2v) is 6.86. The number of hydrogen-bond acceptors (Lipinski definition) is 3. The number of thiocarbonyl (C=S) groups is 1. The van der Waals surface area contributed by atoms with Crippen LogP contribution in [0.4, 0.5) is 5.13 Å². The van der Waals surface area contributed by atoms with Crippen molar-refractivity contribution in [2.45, 2.75) is 6.42 Å². The summed E-state index contributed by atoms with van der Waals surface area (Å²) in [6.07, 6.45) is 0.927. The van der Waals surface area contributed by atoms with Gasteiger partial charge in [-0.05, 0) is 36.3 Å². The first-order chi connectivity index (χ1) is 11.7. The number of rotatable bonds is 5. The van der Waals surface area contributed by atoms with Crippen molar-refractivity contribution in [3.63, 3.8) is 0 Å². The highest BCUT2D eigenvalue weighted by Gasteiger charge is 2.06. The van der Waals surface area contributed by atoms with Gasteiger partial charge in [0.25, 0.3) is 0 Å². The lowest BCUT2D eigenvalue weighted by molar-refractivity contribution is 0.873. The van der Waals surface area contributed by atoms with E-state index in [-0.39, 0.29) is 0 Å². The average Bonchev–Trinajstić information content (AvgIpc) is 3.05. The van der Waals surface area contributed by atoms with Gasteiger partial charge in [-0.1, -0.05) is 54.1 Å². The summed E-state index contributed by atoms with van der Waals surface area (Å²) < 4.78 is 0. The van der Waals surface area contributed by atoms with Gasteiger partial charge in [0, 0.05) is 22.5 Å². The topological polar surface area (TPSA) is 37.0 Å². The molecule has 24 heavy (non-hydrogen) atoms. The van der Waals surface area contributed by atoms with Crippen molar-refractivity contribution < 1.29 is 0 Å². The molecule has 2 aromatic carbocycles. The predicted octanol–water partition coefficient (Wildman–Crippen LogP) is 4.99. The molecule has 3 nitrogen and oxygen atoms in total. The fourth-order valence-electron chi connectivity index (χ4n) is 2.19. The average molecular weight is 374 g/mol. The zero-order chi connectivity index (χ0) is 16.8. The van der Waals surface area contributed by atoms with Gasteiger partial charge in [-0.2, -0.15) is 0 Å². The lowest BCUT2D eigenvalue weighted by atomic mass is 10.1. The monoisotopic (exact) mass is 373 g/mol. The first kappa shape index (κ1) is 16.9. The molecular formula is C18H16ClN3S2. The third-order valence-electron chi connectivity index (χ3n) is 3.41. The number of nitrogens with one attached hydrogen (secondary N) is 2. The van der Waals surface area contributed by atoms with Gasteiger partial charge in [0.2, 0.25) is 0 Å². The quantitative estimate of drug-likeness (QED) is 0.617. The van der Waals surface area contributed by atoms with E-state index in [0.29, 0.717) is 5.11 Å². The van der Waals surface area contributed by atoms with Gasteiger partial charge in [0.1, 0.15) is 0 Å². The fraction of sp³-hybridized carbons (Fsp3) is 0.111. The molecule has 1 heterocycles. The number of benzene rings is 2. The van der Waals surface area contributed by atoms with Crippen LogP contribution >= 0.6 is 35.2 Å². The van der Waals surface area contributed by atoms with Crippen LogP contribution in [0.5, 0.6) is 0 Å². The highest BCUT2D eigenvalue weighted by Crippen LogP contribution is 2.25. The number of anilines is 1. The molecule has 0 aliphatic rings. The van der Waals surface area contributed by atoms with E-state index >= 15 is 0 Å². The van der Waals surface area contributed by atoms with Gasteiger partial charge in [-0.3, -0.25) is 0 Å². The van der Waals surface area contributed by atoms with Crippen LogP contribution in [0.3, 0.4) is 0 Å². The van der Waals surface area contributed by atoms with E-state index in [0.717, 1.165) is 34.4 Å². The van der Waals surface area contributed by atoms with Crippen LogP contribution in [0.15, 0.2) is 60.0 Å². The normalized spacial score (nSPS) is 10.4. The highest BCUT2D eigenvalue weighted by atomic mass is 35.5.